The van der Waals surface area contributed by atoms with Gasteiger partial charge in [-0.2, -0.15) is 13.2 Å². The van der Waals surface area contributed by atoms with Gasteiger partial charge >= 0.3 is 6.18 Å². The molecule has 2 aromatic heterocycles. The lowest BCUT2D eigenvalue weighted by Gasteiger charge is -2.06. The summed E-state index contributed by atoms with van der Waals surface area (Å²) in [6.07, 6.45) is -3.34. The largest absolute Gasteiger partial charge is 0.457 e. The Labute approximate surface area is 167 Å². The van der Waals surface area contributed by atoms with Crippen molar-refractivity contribution in [3.63, 3.8) is 0 Å². The van der Waals surface area contributed by atoms with E-state index in [4.69, 9.17) is 4.74 Å². The van der Waals surface area contributed by atoms with Crippen LogP contribution in [-0.4, -0.2) is 15.0 Å². The molecule has 0 saturated heterocycles. The van der Waals surface area contributed by atoms with E-state index in [1.165, 1.54) is 30.0 Å². The van der Waals surface area contributed by atoms with Crippen LogP contribution in [-0.2, 0) is 11.9 Å². The molecule has 0 saturated carbocycles. The standard InChI is InChI=1S/C20H13F4N3OS/c21-12-2-1-3-13(8-12)28-14-4-5-16-17(9-14)27-19(26-16)11-29-15-6-7-25-18(10-15)20(22,23)24/h1-10H,11H2,(H,26,27). The molecular formula is C20H13F4N3OS. The number of hydrogen-bond acceptors (Lipinski definition) is 4. The molecule has 4 rings (SSSR count). The molecule has 29 heavy (non-hydrogen) atoms. The van der Waals surface area contributed by atoms with Crippen molar-refractivity contribution in [1.29, 1.82) is 0 Å². The monoisotopic (exact) mass is 419 g/mol. The number of aromatic amines is 1. The average molecular weight is 419 g/mol. The van der Waals surface area contributed by atoms with E-state index in [9.17, 15) is 17.6 Å². The van der Waals surface area contributed by atoms with Crippen molar-refractivity contribution in [3.8, 4) is 11.5 Å². The molecule has 0 aliphatic carbocycles. The van der Waals surface area contributed by atoms with Crippen molar-refractivity contribution in [2.45, 2.75) is 16.8 Å². The second-order valence-corrected chi connectivity index (χ2v) is 7.13. The van der Waals surface area contributed by atoms with E-state index in [1.54, 1.807) is 30.3 Å². The van der Waals surface area contributed by atoms with Gasteiger partial charge in [0.15, 0.2) is 0 Å². The summed E-state index contributed by atoms with van der Waals surface area (Å²) in [5, 5.41) is 0. The first-order valence-corrected chi connectivity index (χ1v) is 9.43. The molecule has 0 amide bonds. The van der Waals surface area contributed by atoms with Gasteiger partial charge in [0.25, 0.3) is 0 Å². The van der Waals surface area contributed by atoms with Crippen LogP contribution < -0.4 is 4.74 Å². The minimum Gasteiger partial charge on any atom is -0.457 e. The lowest BCUT2D eigenvalue weighted by atomic mass is 10.3. The van der Waals surface area contributed by atoms with Crippen molar-refractivity contribution < 1.29 is 22.3 Å². The van der Waals surface area contributed by atoms with Gasteiger partial charge in [-0.05, 0) is 36.4 Å². The fourth-order valence-corrected chi connectivity index (χ4v) is 3.44. The number of ether oxygens (including phenoxy) is 1. The Kier molecular flexibility index (Phi) is 5.14. The quantitative estimate of drug-likeness (QED) is 0.309. The highest BCUT2D eigenvalue weighted by Gasteiger charge is 2.32. The number of nitrogens with one attached hydrogen (secondary N) is 1. The highest BCUT2D eigenvalue weighted by atomic mass is 32.2. The normalized spacial score (nSPS) is 11.7. The minimum atomic E-state index is -4.48. The van der Waals surface area contributed by atoms with Crippen LogP contribution in [0.3, 0.4) is 0 Å². The summed E-state index contributed by atoms with van der Waals surface area (Å²) in [5.74, 6) is 1.44. The average Bonchev–Trinajstić information content (AvgIpc) is 3.08. The lowest BCUT2D eigenvalue weighted by Crippen LogP contribution is -2.07. The number of halogens is 4. The number of fused-ring (bicyclic) bond motifs is 1. The molecule has 4 nitrogen and oxygen atoms in total. The predicted molar refractivity (Wildman–Crippen MR) is 101 cm³/mol. The van der Waals surface area contributed by atoms with E-state index in [0.29, 0.717) is 33.5 Å². The fourth-order valence-electron chi connectivity index (χ4n) is 2.64. The molecule has 0 atom stereocenters. The Morgan fingerprint density at radius 2 is 1.83 bits per heavy atom. The number of alkyl halides is 3. The lowest BCUT2D eigenvalue weighted by molar-refractivity contribution is -0.141. The van der Waals surface area contributed by atoms with Crippen LogP contribution in [0.4, 0.5) is 17.6 Å². The number of rotatable bonds is 5. The molecule has 0 unspecified atom stereocenters. The molecule has 4 aromatic rings. The van der Waals surface area contributed by atoms with Crippen LogP contribution in [0.15, 0.2) is 65.7 Å². The SMILES string of the molecule is Fc1cccc(Oc2ccc3[nH]c(CSc4ccnc(C(F)(F)F)c4)nc3c2)c1. The van der Waals surface area contributed by atoms with Crippen LogP contribution in [0.2, 0.25) is 0 Å². The number of aromatic nitrogens is 3. The highest BCUT2D eigenvalue weighted by molar-refractivity contribution is 7.98. The zero-order valence-electron chi connectivity index (χ0n) is 14.7. The van der Waals surface area contributed by atoms with Crippen molar-refractivity contribution in [3.05, 3.63) is 78.1 Å². The van der Waals surface area contributed by atoms with Crippen LogP contribution >= 0.6 is 11.8 Å². The van der Waals surface area contributed by atoms with E-state index < -0.39 is 17.7 Å². The summed E-state index contributed by atoms with van der Waals surface area (Å²) in [6.45, 7) is 0. The zero-order chi connectivity index (χ0) is 20.4. The Morgan fingerprint density at radius 3 is 2.62 bits per heavy atom. The molecule has 0 aliphatic rings. The summed E-state index contributed by atoms with van der Waals surface area (Å²) < 4.78 is 57.2. The molecule has 0 fully saturated rings. The minimum absolute atomic E-state index is 0.357. The number of imidazole rings is 1. The molecule has 0 radical (unpaired) electrons. The third-order valence-electron chi connectivity index (χ3n) is 3.93. The van der Waals surface area contributed by atoms with E-state index in [-0.39, 0.29) is 0 Å². The number of pyridine rings is 1. The topological polar surface area (TPSA) is 50.8 Å². The van der Waals surface area contributed by atoms with Gasteiger partial charge in [0.05, 0.1) is 16.8 Å². The molecule has 2 aromatic carbocycles. The Bertz CT molecular complexity index is 1160. The van der Waals surface area contributed by atoms with Gasteiger partial charge in [-0.25, -0.2) is 9.37 Å². The summed E-state index contributed by atoms with van der Waals surface area (Å²) in [6, 6.07) is 13.5. The fraction of sp³-hybridized carbons (Fsp3) is 0.100. The van der Waals surface area contributed by atoms with Gasteiger partial charge in [-0.15, -0.1) is 11.8 Å². The number of benzene rings is 2. The molecule has 0 spiro atoms. The van der Waals surface area contributed by atoms with Crippen molar-refractivity contribution in [2.24, 2.45) is 0 Å². The van der Waals surface area contributed by atoms with E-state index in [0.717, 1.165) is 17.8 Å². The maximum absolute atomic E-state index is 13.3. The van der Waals surface area contributed by atoms with Crippen LogP contribution in [0.5, 0.6) is 11.5 Å². The third kappa shape index (κ3) is 4.68. The molecule has 9 heteroatoms. The van der Waals surface area contributed by atoms with Crippen LogP contribution in [0, 0.1) is 5.82 Å². The van der Waals surface area contributed by atoms with Crippen molar-refractivity contribution >= 4 is 22.8 Å². The molecule has 0 bridgehead atoms. The zero-order valence-corrected chi connectivity index (χ0v) is 15.5. The summed E-state index contributed by atoms with van der Waals surface area (Å²) in [4.78, 5) is 11.4. The summed E-state index contributed by atoms with van der Waals surface area (Å²) >= 11 is 1.22. The van der Waals surface area contributed by atoms with E-state index >= 15 is 0 Å². The predicted octanol–water partition coefficient (Wildman–Crippen LogP) is 6.20. The first-order chi connectivity index (χ1) is 13.9. The van der Waals surface area contributed by atoms with E-state index in [2.05, 4.69) is 15.0 Å². The van der Waals surface area contributed by atoms with Crippen molar-refractivity contribution in [2.75, 3.05) is 0 Å². The third-order valence-corrected chi connectivity index (χ3v) is 4.94. The second kappa shape index (κ2) is 7.75. The maximum atomic E-state index is 13.3. The van der Waals surface area contributed by atoms with Gasteiger partial charge in [-0.3, -0.25) is 4.98 Å². The summed E-state index contributed by atoms with van der Waals surface area (Å²) in [7, 11) is 0. The molecule has 0 aliphatic heterocycles. The van der Waals surface area contributed by atoms with Gasteiger partial charge in [-0.1, -0.05) is 6.07 Å². The molecule has 148 valence electrons. The summed E-state index contributed by atoms with van der Waals surface area (Å²) in [5.41, 5.74) is 0.476. The first kappa shape index (κ1) is 19.3. The Balaban J connectivity index is 1.48. The highest BCUT2D eigenvalue weighted by Crippen LogP contribution is 2.31. The molecule has 1 N–H and O–H groups in total. The van der Waals surface area contributed by atoms with Crippen LogP contribution in [0.1, 0.15) is 11.5 Å². The first-order valence-electron chi connectivity index (χ1n) is 8.45. The van der Waals surface area contributed by atoms with Crippen molar-refractivity contribution in [1.82, 2.24) is 15.0 Å². The van der Waals surface area contributed by atoms with Gasteiger partial charge in [0.2, 0.25) is 0 Å². The Hall–Kier alpha value is -3.07. The van der Waals surface area contributed by atoms with Gasteiger partial charge < -0.3 is 9.72 Å². The number of hydrogen-bond donors (Lipinski definition) is 1. The van der Waals surface area contributed by atoms with Gasteiger partial charge in [0, 0.05) is 23.2 Å². The van der Waals surface area contributed by atoms with Gasteiger partial charge in [0.1, 0.15) is 28.8 Å². The number of nitrogens with zero attached hydrogens (tertiary/aromatic N) is 2. The van der Waals surface area contributed by atoms with E-state index in [1.807, 2.05) is 0 Å². The molecule has 2 heterocycles. The van der Waals surface area contributed by atoms with Crippen LogP contribution in [0.25, 0.3) is 11.0 Å². The number of thioether (sulfide) groups is 1. The smallest absolute Gasteiger partial charge is 0.433 e. The maximum Gasteiger partial charge on any atom is 0.433 e. The Morgan fingerprint density at radius 1 is 1.00 bits per heavy atom. The second-order valence-electron chi connectivity index (χ2n) is 6.09. The molecular weight excluding hydrogens is 406 g/mol. The number of H-pyrrole nitrogens is 1.